The van der Waals surface area contributed by atoms with E-state index in [9.17, 15) is 9.90 Å². The van der Waals surface area contributed by atoms with Gasteiger partial charge in [-0.3, -0.25) is 4.79 Å². The second-order valence-electron chi connectivity index (χ2n) is 5.21. The molecule has 0 aromatic rings. The lowest BCUT2D eigenvalue weighted by Gasteiger charge is -2.29. The molecule has 0 aromatic heterocycles. The van der Waals surface area contributed by atoms with Crippen molar-refractivity contribution < 1.29 is 14.6 Å². The molecular weight excluding hydrogens is 232 g/mol. The van der Waals surface area contributed by atoms with Crippen LogP contribution in [0.1, 0.15) is 33.6 Å². The van der Waals surface area contributed by atoms with Gasteiger partial charge in [0.05, 0.1) is 12.2 Å². The largest absolute Gasteiger partial charge is 0.465 e. The highest BCUT2D eigenvalue weighted by Gasteiger charge is 2.25. The molecule has 5 nitrogen and oxygen atoms in total. The molecule has 2 unspecified atom stereocenters. The van der Waals surface area contributed by atoms with Gasteiger partial charge in [0.2, 0.25) is 0 Å². The number of nitrogens with zero attached hydrogens (tertiary/aromatic N) is 1. The molecule has 0 bridgehead atoms. The summed E-state index contributed by atoms with van der Waals surface area (Å²) in [4.78, 5) is 13.6. The van der Waals surface area contributed by atoms with E-state index >= 15 is 0 Å². The molecule has 0 aromatic carbocycles. The second-order valence-corrected chi connectivity index (χ2v) is 5.21. The third-order valence-electron chi connectivity index (χ3n) is 2.53. The van der Waals surface area contributed by atoms with Crippen molar-refractivity contribution in [1.82, 2.24) is 10.2 Å². The average molecular weight is 260 g/mol. The molecule has 0 aliphatic carbocycles. The number of likely N-dealkylation sites (N-methyl/N-ethyl adjacent to an activating group) is 1. The van der Waals surface area contributed by atoms with Crippen LogP contribution in [0.5, 0.6) is 0 Å². The SMILES string of the molecule is CCCC(NCC(C)(O)CN(C)C)C(=O)OCC. The zero-order chi connectivity index (χ0) is 14.2. The summed E-state index contributed by atoms with van der Waals surface area (Å²) in [5.74, 6) is -0.236. The topological polar surface area (TPSA) is 61.8 Å². The maximum Gasteiger partial charge on any atom is 0.323 e. The lowest BCUT2D eigenvalue weighted by atomic mass is 10.1. The monoisotopic (exact) mass is 260 g/mol. The number of nitrogens with one attached hydrogen (secondary N) is 1. The minimum absolute atomic E-state index is 0.236. The number of carbonyl (C=O) groups is 1. The number of aliphatic hydroxyl groups is 1. The third-order valence-corrected chi connectivity index (χ3v) is 2.53. The summed E-state index contributed by atoms with van der Waals surface area (Å²) in [5.41, 5.74) is -0.859. The van der Waals surface area contributed by atoms with Crippen LogP contribution in [0.25, 0.3) is 0 Å². The van der Waals surface area contributed by atoms with Crippen molar-refractivity contribution in [2.75, 3.05) is 33.8 Å². The first-order valence-electron chi connectivity index (χ1n) is 6.59. The fourth-order valence-electron chi connectivity index (χ4n) is 1.92. The molecule has 0 aliphatic heterocycles. The fraction of sp³-hybridized carbons (Fsp3) is 0.923. The lowest BCUT2D eigenvalue weighted by molar-refractivity contribution is -0.146. The third kappa shape index (κ3) is 7.63. The molecule has 5 heteroatoms. The predicted molar refractivity (Wildman–Crippen MR) is 72.5 cm³/mol. The van der Waals surface area contributed by atoms with E-state index in [0.717, 1.165) is 12.8 Å². The van der Waals surface area contributed by atoms with Crippen molar-refractivity contribution in [1.29, 1.82) is 0 Å². The van der Waals surface area contributed by atoms with Crippen LogP contribution in [0.4, 0.5) is 0 Å². The molecule has 0 rings (SSSR count). The Balaban J connectivity index is 4.29. The molecule has 2 N–H and O–H groups in total. The summed E-state index contributed by atoms with van der Waals surface area (Å²) < 4.78 is 5.01. The van der Waals surface area contributed by atoms with E-state index in [2.05, 4.69) is 5.32 Å². The standard InChI is InChI=1S/C13H28N2O3/c1-6-8-11(12(16)18-7-2)14-9-13(3,17)10-15(4)5/h11,14,17H,6-10H2,1-5H3. The second kappa shape index (κ2) is 8.45. The van der Waals surface area contributed by atoms with Gasteiger partial charge in [-0.1, -0.05) is 13.3 Å². The highest BCUT2D eigenvalue weighted by molar-refractivity contribution is 5.75. The summed E-state index contributed by atoms with van der Waals surface area (Å²) in [7, 11) is 3.81. The minimum Gasteiger partial charge on any atom is -0.465 e. The zero-order valence-corrected chi connectivity index (χ0v) is 12.3. The minimum atomic E-state index is -0.859. The fourth-order valence-corrected chi connectivity index (χ4v) is 1.92. The molecule has 18 heavy (non-hydrogen) atoms. The van der Waals surface area contributed by atoms with E-state index in [4.69, 9.17) is 4.74 Å². The van der Waals surface area contributed by atoms with Crippen LogP contribution in [-0.2, 0) is 9.53 Å². The van der Waals surface area contributed by atoms with Crippen molar-refractivity contribution in [3.05, 3.63) is 0 Å². The Morgan fingerprint density at radius 1 is 1.44 bits per heavy atom. The Morgan fingerprint density at radius 2 is 2.06 bits per heavy atom. The van der Waals surface area contributed by atoms with E-state index in [0.29, 0.717) is 19.7 Å². The Hall–Kier alpha value is -0.650. The molecule has 0 heterocycles. The summed E-state index contributed by atoms with van der Waals surface area (Å²) in [6.45, 7) is 6.87. The number of hydrogen-bond acceptors (Lipinski definition) is 5. The molecule has 2 atom stereocenters. The molecule has 0 aliphatic rings. The highest BCUT2D eigenvalue weighted by Crippen LogP contribution is 2.06. The molecular formula is C13H28N2O3. The van der Waals surface area contributed by atoms with E-state index in [1.165, 1.54) is 0 Å². The first kappa shape index (κ1) is 17.4. The van der Waals surface area contributed by atoms with Crippen molar-refractivity contribution in [2.24, 2.45) is 0 Å². The molecule has 0 amide bonds. The summed E-state index contributed by atoms with van der Waals surface area (Å²) >= 11 is 0. The van der Waals surface area contributed by atoms with Gasteiger partial charge >= 0.3 is 5.97 Å². The molecule has 0 saturated heterocycles. The van der Waals surface area contributed by atoms with Crippen molar-refractivity contribution in [3.63, 3.8) is 0 Å². The van der Waals surface area contributed by atoms with E-state index in [-0.39, 0.29) is 12.0 Å². The van der Waals surface area contributed by atoms with E-state index < -0.39 is 5.60 Å². The number of ether oxygens (including phenoxy) is 1. The van der Waals surface area contributed by atoms with Crippen LogP contribution in [0.15, 0.2) is 0 Å². The zero-order valence-electron chi connectivity index (χ0n) is 12.3. The Labute approximate surface area is 110 Å². The molecule has 0 saturated carbocycles. The smallest absolute Gasteiger partial charge is 0.323 e. The van der Waals surface area contributed by atoms with Gasteiger partial charge in [-0.25, -0.2) is 0 Å². The maximum absolute atomic E-state index is 11.7. The lowest BCUT2D eigenvalue weighted by Crippen LogP contribution is -2.50. The van der Waals surface area contributed by atoms with Crippen LogP contribution in [-0.4, -0.2) is 61.4 Å². The molecule has 108 valence electrons. The van der Waals surface area contributed by atoms with Crippen LogP contribution >= 0.6 is 0 Å². The quantitative estimate of drug-likeness (QED) is 0.595. The van der Waals surface area contributed by atoms with Gasteiger partial charge in [0.1, 0.15) is 6.04 Å². The maximum atomic E-state index is 11.7. The molecule has 0 radical (unpaired) electrons. The Kier molecular flexibility index (Phi) is 8.15. The first-order chi connectivity index (χ1) is 8.32. The van der Waals surface area contributed by atoms with Crippen LogP contribution in [0.3, 0.4) is 0 Å². The Bertz CT molecular complexity index is 242. The van der Waals surface area contributed by atoms with Crippen molar-refractivity contribution >= 4 is 5.97 Å². The number of carbonyl (C=O) groups excluding carboxylic acids is 1. The summed E-state index contributed by atoms with van der Waals surface area (Å²) in [6, 6.07) is -0.330. The average Bonchev–Trinajstić information content (AvgIpc) is 2.22. The number of rotatable bonds is 9. The number of hydrogen-bond donors (Lipinski definition) is 2. The van der Waals surface area contributed by atoms with Gasteiger partial charge in [0, 0.05) is 13.1 Å². The van der Waals surface area contributed by atoms with Gasteiger partial charge in [0.25, 0.3) is 0 Å². The van der Waals surface area contributed by atoms with Gasteiger partial charge in [0.15, 0.2) is 0 Å². The molecule has 0 spiro atoms. The normalized spacial score (nSPS) is 16.4. The molecule has 0 fully saturated rings. The van der Waals surface area contributed by atoms with Gasteiger partial charge in [-0.2, -0.15) is 0 Å². The summed E-state index contributed by atoms with van der Waals surface area (Å²) in [6.07, 6.45) is 1.61. The highest BCUT2D eigenvalue weighted by atomic mass is 16.5. The Morgan fingerprint density at radius 3 is 2.50 bits per heavy atom. The van der Waals surface area contributed by atoms with Gasteiger partial charge < -0.3 is 20.1 Å². The number of esters is 1. The van der Waals surface area contributed by atoms with Crippen molar-refractivity contribution in [3.8, 4) is 0 Å². The van der Waals surface area contributed by atoms with E-state index in [1.807, 2.05) is 25.9 Å². The van der Waals surface area contributed by atoms with E-state index in [1.54, 1.807) is 13.8 Å². The summed E-state index contributed by atoms with van der Waals surface area (Å²) in [5, 5.41) is 13.3. The van der Waals surface area contributed by atoms with Crippen molar-refractivity contribution in [2.45, 2.75) is 45.3 Å². The van der Waals surface area contributed by atoms with Gasteiger partial charge in [-0.15, -0.1) is 0 Å². The van der Waals surface area contributed by atoms with Crippen LogP contribution in [0, 0.1) is 0 Å². The van der Waals surface area contributed by atoms with Crippen LogP contribution in [0.2, 0.25) is 0 Å². The van der Waals surface area contributed by atoms with Crippen LogP contribution < -0.4 is 5.32 Å². The van der Waals surface area contributed by atoms with Gasteiger partial charge in [-0.05, 0) is 34.4 Å². The predicted octanol–water partition coefficient (Wildman–Crippen LogP) is 0.620. The first-order valence-corrected chi connectivity index (χ1v) is 6.59.